The number of carbonyl (C=O) groups is 1. The van der Waals surface area contributed by atoms with Gasteiger partial charge in [0.05, 0.1) is 18.2 Å². The Balaban J connectivity index is 1.58. The molecule has 1 aliphatic rings. The van der Waals surface area contributed by atoms with Gasteiger partial charge in [-0.15, -0.1) is 0 Å². The molecule has 1 N–H and O–H groups in total. The Morgan fingerprint density at radius 3 is 2.44 bits per heavy atom. The molecule has 2 heterocycles. The Morgan fingerprint density at radius 2 is 1.75 bits per heavy atom. The summed E-state index contributed by atoms with van der Waals surface area (Å²) in [4.78, 5) is 19.7. The average Bonchev–Trinajstić information content (AvgIpc) is 3.36. The molecular formula is C29H27ClN4O2. The first-order valence-corrected chi connectivity index (χ1v) is 12.3. The van der Waals surface area contributed by atoms with E-state index in [0.29, 0.717) is 23.3 Å². The monoisotopic (exact) mass is 498 g/mol. The number of benzene rings is 3. The summed E-state index contributed by atoms with van der Waals surface area (Å²) < 4.78 is 5.80. The molecule has 4 aromatic rings. The first kappa shape index (κ1) is 23.8. The van der Waals surface area contributed by atoms with E-state index in [-0.39, 0.29) is 6.03 Å². The van der Waals surface area contributed by atoms with Gasteiger partial charge in [-0.2, -0.15) is 4.98 Å². The van der Waals surface area contributed by atoms with Gasteiger partial charge in [0.1, 0.15) is 0 Å². The number of allylic oxidation sites excluding steroid dienone is 1. The van der Waals surface area contributed by atoms with Crippen molar-refractivity contribution < 1.29 is 9.32 Å². The molecule has 0 fully saturated rings. The highest BCUT2D eigenvalue weighted by molar-refractivity contribution is 6.30. The second-order valence-corrected chi connectivity index (χ2v) is 9.42. The first-order valence-electron chi connectivity index (χ1n) is 12.0. The number of aryl methyl sites for hydroxylation is 2. The van der Waals surface area contributed by atoms with Gasteiger partial charge in [0.2, 0.25) is 5.82 Å². The number of nitrogens with one attached hydrogen (secondary N) is 1. The Kier molecular flexibility index (Phi) is 6.61. The maximum atomic E-state index is 13.3. The Bertz CT molecular complexity index is 1420. The van der Waals surface area contributed by atoms with Gasteiger partial charge in [-0.3, -0.25) is 4.90 Å². The summed E-state index contributed by atoms with van der Waals surface area (Å²) in [5.74, 6) is 0.887. The molecule has 1 aliphatic heterocycles. The van der Waals surface area contributed by atoms with Crippen LogP contribution in [0, 0.1) is 6.92 Å². The van der Waals surface area contributed by atoms with Crippen molar-refractivity contribution >= 4 is 23.2 Å². The van der Waals surface area contributed by atoms with Gasteiger partial charge in [-0.25, -0.2) is 4.79 Å². The van der Waals surface area contributed by atoms with Gasteiger partial charge >= 0.3 is 6.03 Å². The molecule has 36 heavy (non-hydrogen) atoms. The van der Waals surface area contributed by atoms with Crippen LogP contribution in [0.4, 0.5) is 4.79 Å². The predicted octanol–water partition coefficient (Wildman–Crippen LogP) is 6.96. The van der Waals surface area contributed by atoms with Crippen LogP contribution in [0.15, 0.2) is 83.0 Å². The molecular weight excluding hydrogens is 472 g/mol. The third-order valence-electron chi connectivity index (χ3n) is 6.51. The van der Waals surface area contributed by atoms with Crippen molar-refractivity contribution in [2.45, 2.75) is 39.8 Å². The van der Waals surface area contributed by atoms with E-state index in [2.05, 4.69) is 29.5 Å². The third kappa shape index (κ3) is 4.77. The number of hydrogen-bond donors (Lipinski definition) is 1. The number of halogens is 1. The second-order valence-electron chi connectivity index (χ2n) is 8.98. The zero-order valence-corrected chi connectivity index (χ0v) is 21.2. The molecule has 0 saturated heterocycles. The van der Waals surface area contributed by atoms with Crippen molar-refractivity contribution in [1.82, 2.24) is 20.4 Å². The normalized spacial score (nSPS) is 15.8. The summed E-state index contributed by atoms with van der Waals surface area (Å²) in [7, 11) is 0. The maximum Gasteiger partial charge on any atom is 0.322 e. The molecule has 6 nitrogen and oxygen atoms in total. The van der Waals surface area contributed by atoms with Crippen molar-refractivity contribution in [2.75, 3.05) is 0 Å². The second kappa shape index (κ2) is 9.99. The Labute approximate surface area is 215 Å². The number of rotatable bonds is 6. The molecule has 182 valence electrons. The van der Waals surface area contributed by atoms with E-state index in [1.165, 1.54) is 5.56 Å². The Hall–Kier alpha value is -3.90. The van der Waals surface area contributed by atoms with E-state index in [4.69, 9.17) is 21.1 Å². The van der Waals surface area contributed by atoms with E-state index in [1.54, 1.807) is 4.90 Å². The summed E-state index contributed by atoms with van der Waals surface area (Å²) in [6.45, 7) is 6.43. The van der Waals surface area contributed by atoms with Gasteiger partial charge in [-0.05, 0) is 49.1 Å². The summed E-state index contributed by atoms with van der Waals surface area (Å²) >= 11 is 6.19. The number of nitrogens with zero attached hydrogens (tertiary/aromatic N) is 3. The summed E-state index contributed by atoms with van der Waals surface area (Å²) in [6.07, 6.45) is 0.963. The third-order valence-corrected chi connectivity index (χ3v) is 6.75. The number of aromatic nitrogens is 2. The van der Waals surface area contributed by atoms with Crippen molar-refractivity contribution in [3.63, 3.8) is 0 Å². The summed E-state index contributed by atoms with van der Waals surface area (Å²) in [5, 5.41) is 8.04. The molecule has 0 saturated carbocycles. The zero-order valence-electron chi connectivity index (χ0n) is 20.5. The lowest BCUT2D eigenvalue weighted by atomic mass is 9.94. The highest BCUT2D eigenvalue weighted by Crippen LogP contribution is 2.38. The average molecular weight is 499 g/mol. The minimum atomic E-state index is -0.426. The minimum Gasteiger partial charge on any atom is -0.334 e. The lowest BCUT2D eigenvalue weighted by molar-refractivity contribution is 0.203. The quantitative estimate of drug-likeness (QED) is 0.312. The number of carbonyl (C=O) groups excluding carboxylic acids is 1. The van der Waals surface area contributed by atoms with Crippen LogP contribution in [0.1, 0.15) is 48.0 Å². The lowest BCUT2D eigenvalue weighted by Crippen LogP contribution is -2.45. The minimum absolute atomic E-state index is 0.198. The predicted molar refractivity (Wildman–Crippen MR) is 141 cm³/mol. The summed E-state index contributed by atoms with van der Waals surface area (Å²) in [6, 6.07) is 23.1. The fourth-order valence-corrected chi connectivity index (χ4v) is 4.63. The van der Waals surface area contributed by atoms with Crippen LogP contribution >= 0.6 is 11.6 Å². The fourth-order valence-electron chi connectivity index (χ4n) is 4.42. The van der Waals surface area contributed by atoms with Crippen molar-refractivity contribution in [1.29, 1.82) is 0 Å². The molecule has 0 bridgehead atoms. The van der Waals surface area contributed by atoms with Crippen LogP contribution in [-0.4, -0.2) is 21.1 Å². The molecule has 1 unspecified atom stereocenters. The SMILES string of the molecule is CCc1ccc(-c2noc(C3=C(C)N(Cc4cccc(Cl)c4)C(=O)NC3c3ccc(C)cc3)n2)cc1. The van der Waals surface area contributed by atoms with E-state index >= 15 is 0 Å². The Morgan fingerprint density at radius 1 is 1.00 bits per heavy atom. The molecule has 7 heteroatoms. The van der Waals surface area contributed by atoms with Gasteiger partial charge in [-0.1, -0.05) is 89.9 Å². The van der Waals surface area contributed by atoms with Gasteiger partial charge < -0.3 is 9.84 Å². The van der Waals surface area contributed by atoms with E-state index in [0.717, 1.165) is 39.9 Å². The molecule has 1 aromatic heterocycles. The number of hydrogen-bond acceptors (Lipinski definition) is 4. The van der Waals surface area contributed by atoms with E-state index in [9.17, 15) is 4.79 Å². The largest absolute Gasteiger partial charge is 0.334 e. The molecule has 3 aromatic carbocycles. The van der Waals surface area contributed by atoms with E-state index in [1.807, 2.05) is 74.5 Å². The van der Waals surface area contributed by atoms with Crippen molar-refractivity contribution in [2.24, 2.45) is 0 Å². The number of amides is 2. The number of urea groups is 1. The highest BCUT2D eigenvalue weighted by atomic mass is 35.5. The van der Waals surface area contributed by atoms with Crippen molar-refractivity contribution in [3.8, 4) is 11.4 Å². The van der Waals surface area contributed by atoms with Crippen LogP contribution < -0.4 is 5.32 Å². The van der Waals surface area contributed by atoms with Crippen LogP contribution in [0.5, 0.6) is 0 Å². The molecule has 2 amide bonds. The topological polar surface area (TPSA) is 71.3 Å². The highest BCUT2D eigenvalue weighted by Gasteiger charge is 2.35. The van der Waals surface area contributed by atoms with Crippen molar-refractivity contribution in [3.05, 3.63) is 112 Å². The zero-order chi connectivity index (χ0) is 25.2. The standard InChI is InChI=1S/C29H27ClN4O2/c1-4-20-10-14-23(15-11-20)27-32-28(36-33-27)25-19(3)34(17-21-6-5-7-24(30)16-21)29(35)31-26(25)22-12-8-18(2)9-13-22/h5-16,26H,4,17H2,1-3H3,(H,31,35). The lowest BCUT2D eigenvalue weighted by Gasteiger charge is -2.35. The molecule has 0 aliphatic carbocycles. The fraction of sp³-hybridized carbons (Fsp3) is 0.207. The summed E-state index contributed by atoms with van der Waals surface area (Å²) in [5.41, 5.74) is 6.65. The first-order chi connectivity index (χ1) is 17.4. The molecule has 0 spiro atoms. The maximum absolute atomic E-state index is 13.3. The van der Waals surface area contributed by atoms with Gasteiger partial charge in [0.15, 0.2) is 0 Å². The molecule has 5 rings (SSSR count). The van der Waals surface area contributed by atoms with Gasteiger partial charge in [0, 0.05) is 16.3 Å². The van der Waals surface area contributed by atoms with E-state index < -0.39 is 6.04 Å². The van der Waals surface area contributed by atoms with Crippen LogP contribution in [-0.2, 0) is 13.0 Å². The van der Waals surface area contributed by atoms with Gasteiger partial charge in [0.25, 0.3) is 5.89 Å². The van der Waals surface area contributed by atoms with Crippen LogP contribution in [0.2, 0.25) is 5.02 Å². The van der Waals surface area contributed by atoms with Crippen LogP contribution in [0.25, 0.3) is 17.0 Å². The smallest absolute Gasteiger partial charge is 0.322 e. The van der Waals surface area contributed by atoms with Crippen LogP contribution in [0.3, 0.4) is 0 Å². The molecule has 1 atom stereocenters. The molecule has 0 radical (unpaired) electrons.